The summed E-state index contributed by atoms with van der Waals surface area (Å²) in [5.74, 6) is 0.654. The summed E-state index contributed by atoms with van der Waals surface area (Å²) in [5, 5.41) is 4.43. The van der Waals surface area contributed by atoms with E-state index in [9.17, 15) is 0 Å². The second kappa shape index (κ2) is 5.15. The number of nitrogens with two attached hydrogens (primary N) is 1. The van der Waals surface area contributed by atoms with Crippen molar-refractivity contribution in [3.63, 3.8) is 0 Å². The molecule has 1 aromatic rings. The van der Waals surface area contributed by atoms with Crippen molar-refractivity contribution in [1.82, 2.24) is 9.78 Å². The van der Waals surface area contributed by atoms with Crippen LogP contribution in [0.4, 0.5) is 0 Å². The van der Waals surface area contributed by atoms with Crippen molar-refractivity contribution in [2.45, 2.75) is 40.2 Å². The molecule has 0 amide bonds. The van der Waals surface area contributed by atoms with Gasteiger partial charge in [-0.25, -0.2) is 0 Å². The van der Waals surface area contributed by atoms with Crippen molar-refractivity contribution in [3.05, 3.63) is 17.5 Å². The normalized spacial score (nSPS) is 13.1. The predicted molar refractivity (Wildman–Crippen MR) is 59.2 cm³/mol. The summed E-state index contributed by atoms with van der Waals surface area (Å²) in [5.41, 5.74) is 7.99. The second-order valence-electron chi connectivity index (χ2n) is 3.98. The van der Waals surface area contributed by atoms with Crippen molar-refractivity contribution in [1.29, 1.82) is 0 Å². The lowest BCUT2D eigenvalue weighted by Crippen LogP contribution is -2.11. The summed E-state index contributed by atoms with van der Waals surface area (Å²) in [7, 11) is 0. The molecule has 0 saturated heterocycles. The van der Waals surface area contributed by atoms with E-state index in [0.29, 0.717) is 5.92 Å². The molecule has 0 aromatic carbocycles. The van der Waals surface area contributed by atoms with E-state index in [1.807, 2.05) is 6.92 Å². The number of aryl methyl sites for hydroxylation is 2. The third-order valence-electron chi connectivity index (χ3n) is 2.50. The van der Waals surface area contributed by atoms with Gasteiger partial charge in [-0.05, 0) is 45.2 Å². The highest BCUT2D eigenvalue weighted by Gasteiger charge is 2.08. The summed E-state index contributed by atoms with van der Waals surface area (Å²) in [6.07, 6.45) is 2.18. The summed E-state index contributed by atoms with van der Waals surface area (Å²) >= 11 is 0. The first-order chi connectivity index (χ1) is 6.67. The molecule has 1 rings (SSSR count). The lowest BCUT2D eigenvalue weighted by molar-refractivity contribution is 0.503. The van der Waals surface area contributed by atoms with Gasteiger partial charge in [-0.3, -0.25) is 4.68 Å². The van der Waals surface area contributed by atoms with E-state index < -0.39 is 0 Å². The van der Waals surface area contributed by atoms with Crippen LogP contribution in [0.1, 0.15) is 31.7 Å². The maximum absolute atomic E-state index is 5.54. The minimum Gasteiger partial charge on any atom is -0.330 e. The summed E-state index contributed by atoms with van der Waals surface area (Å²) in [4.78, 5) is 0. The Kier molecular flexibility index (Phi) is 4.14. The van der Waals surface area contributed by atoms with Crippen LogP contribution in [0, 0.1) is 12.8 Å². The van der Waals surface area contributed by atoms with Crippen LogP contribution in [0.25, 0.3) is 0 Å². The average molecular weight is 195 g/mol. The van der Waals surface area contributed by atoms with E-state index in [0.717, 1.165) is 31.6 Å². The van der Waals surface area contributed by atoms with Crippen molar-refractivity contribution in [2.75, 3.05) is 6.54 Å². The Bertz CT molecular complexity index is 278. The van der Waals surface area contributed by atoms with Crippen LogP contribution >= 0.6 is 0 Å². The first-order valence-corrected chi connectivity index (χ1v) is 5.40. The average Bonchev–Trinajstić information content (AvgIpc) is 2.46. The van der Waals surface area contributed by atoms with Crippen molar-refractivity contribution in [3.8, 4) is 0 Å². The van der Waals surface area contributed by atoms with Gasteiger partial charge in [0.15, 0.2) is 0 Å². The van der Waals surface area contributed by atoms with Gasteiger partial charge in [0.05, 0.1) is 5.69 Å². The smallest absolute Gasteiger partial charge is 0.0596 e. The van der Waals surface area contributed by atoms with E-state index in [4.69, 9.17) is 5.73 Å². The monoisotopic (exact) mass is 195 g/mol. The van der Waals surface area contributed by atoms with Crippen LogP contribution < -0.4 is 5.73 Å². The maximum Gasteiger partial charge on any atom is 0.0596 e. The topological polar surface area (TPSA) is 43.8 Å². The van der Waals surface area contributed by atoms with E-state index >= 15 is 0 Å². The SMILES string of the molecule is CCn1nc(C)cc1CC(C)CCN. The minimum atomic E-state index is 0.654. The third-order valence-corrected chi connectivity index (χ3v) is 2.50. The fraction of sp³-hybridized carbons (Fsp3) is 0.727. The number of hydrogen-bond donors (Lipinski definition) is 1. The maximum atomic E-state index is 5.54. The molecule has 0 bridgehead atoms. The van der Waals surface area contributed by atoms with Crippen LogP contribution in [-0.2, 0) is 13.0 Å². The van der Waals surface area contributed by atoms with Gasteiger partial charge in [-0.15, -0.1) is 0 Å². The molecule has 2 N–H and O–H groups in total. The van der Waals surface area contributed by atoms with Gasteiger partial charge in [-0.1, -0.05) is 6.92 Å². The van der Waals surface area contributed by atoms with E-state index in [1.165, 1.54) is 5.69 Å². The third kappa shape index (κ3) is 2.84. The minimum absolute atomic E-state index is 0.654. The molecule has 0 radical (unpaired) electrons. The Labute approximate surface area is 86.3 Å². The molecule has 1 unspecified atom stereocenters. The Morgan fingerprint density at radius 3 is 2.86 bits per heavy atom. The van der Waals surface area contributed by atoms with E-state index in [-0.39, 0.29) is 0 Å². The van der Waals surface area contributed by atoms with Crippen LogP contribution in [0.2, 0.25) is 0 Å². The molecule has 80 valence electrons. The Balaban J connectivity index is 2.65. The van der Waals surface area contributed by atoms with Crippen LogP contribution in [0.3, 0.4) is 0 Å². The second-order valence-corrected chi connectivity index (χ2v) is 3.98. The largest absolute Gasteiger partial charge is 0.330 e. The molecule has 3 heteroatoms. The van der Waals surface area contributed by atoms with Gasteiger partial charge in [0.1, 0.15) is 0 Å². The first-order valence-electron chi connectivity index (χ1n) is 5.40. The molecule has 0 aliphatic carbocycles. The van der Waals surface area contributed by atoms with Crippen molar-refractivity contribution < 1.29 is 0 Å². The lowest BCUT2D eigenvalue weighted by Gasteiger charge is -2.10. The molecule has 3 nitrogen and oxygen atoms in total. The number of nitrogens with zero attached hydrogens (tertiary/aromatic N) is 2. The standard InChI is InChI=1S/C11H21N3/c1-4-14-11(8-10(3)13-14)7-9(2)5-6-12/h8-9H,4-7,12H2,1-3H3. The zero-order valence-corrected chi connectivity index (χ0v) is 9.45. The molecular formula is C11H21N3. The Morgan fingerprint density at radius 1 is 1.57 bits per heavy atom. The van der Waals surface area contributed by atoms with Crippen LogP contribution in [0.15, 0.2) is 6.07 Å². The summed E-state index contributed by atoms with van der Waals surface area (Å²) in [6, 6.07) is 2.18. The molecule has 0 fully saturated rings. The Morgan fingerprint density at radius 2 is 2.29 bits per heavy atom. The van der Waals surface area contributed by atoms with E-state index in [1.54, 1.807) is 0 Å². The van der Waals surface area contributed by atoms with Gasteiger partial charge < -0.3 is 5.73 Å². The molecular weight excluding hydrogens is 174 g/mol. The zero-order chi connectivity index (χ0) is 10.6. The van der Waals surface area contributed by atoms with Gasteiger partial charge in [-0.2, -0.15) is 5.10 Å². The molecule has 0 aliphatic rings. The zero-order valence-electron chi connectivity index (χ0n) is 9.45. The number of rotatable bonds is 5. The molecule has 14 heavy (non-hydrogen) atoms. The van der Waals surface area contributed by atoms with Crippen molar-refractivity contribution in [2.24, 2.45) is 11.7 Å². The molecule has 0 aliphatic heterocycles. The highest BCUT2D eigenvalue weighted by Crippen LogP contribution is 2.12. The Hall–Kier alpha value is -0.830. The highest BCUT2D eigenvalue weighted by atomic mass is 15.3. The fourth-order valence-electron chi connectivity index (χ4n) is 1.78. The number of aromatic nitrogens is 2. The van der Waals surface area contributed by atoms with Gasteiger partial charge in [0, 0.05) is 12.2 Å². The van der Waals surface area contributed by atoms with Gasteiger partial charge in [0.25, 0.3) is 0 Å². The number of hydrogen-bond acceptors (Lipinski definition) is 2. The highest BCUT2D eigenvalue weighted by molar-refractivity contribution is 5.09. The van der Waals surface area contributed by atoms with Gasteiger partial charge in [0.2, 0.25) is 0 Å². The molecule has 0 spiro atoms. The summed E-state index contributed by atoms with van der Waals surface area (Å²) in [6.45, 7) is 8.15. The van der Waals surface area contributed by atoms with Crippen molar-refractivity contribution >= 4 is 0 Å². The van der Waals surface area contributed by atoms with Crippen LogP contribution in [-0.4, -0.2) is 16.3 Å². The van der Waals surface area contributed by atoms with E-state index in [2.05, 4.69) is 29.7 Å². The first kappa shape index (κ1) is 11.2. The quantitative estimate of drug-likeness (QED) is 0.777. The molecule has 1 atom stereocenters. The molecule has 0 saturated carbocycles. The molecule has 1 aromatic heterocycles. The fourth-order valence-corrected chi connectivity index (χ4v) is 1.78. The molecule has 1 heterocycles. The lowest BCUT2D eigenvalue weighted by atomic mass is 10.0. The van der Waals surface area contributed by atoms with Gasteiger partial charge >= 0.3 is 0 Å². The summed E-state index contributed by atoms with van der Waals surface area (Å²) < 4.78 is 2.09. The van der Waals surface area contributed by atoms with Crippen LogP contribution in [0.5, 0.6) is 0 Å². The predicted octanol–water partition coefficient (Wildman–Crippen LogP) is 1.74.